The van der Waals surface area contributed by atoms with Crippen LogP contribution in [-0.4, -0.2) is 36.6 Å². The van der Waals surface area contributed by atoms with Crippen LogP contribution in [0.15, 0.2) is 41.8 Å². The zero-order valence-electron chi connectivity index (χ0n) is 14.3. The summed E-state index contributed by atoms with van der Waals surface area (Å²) in [5, 5.41) is 12.0. The summed E-state index contributed by atoms with van der Waals surface area (Å²) in [4.78, 5) is 12.2. The fraction of sp³-hybridized carbons (Fsp3) is 0.389. The second kappa shape index (κ2) is 9.03. The zero-order chi connectivity index (χ0) is 19.2. The van der Waals surface area contributed by atoms with Crippen LogP contribution in [0.25, 0.3) is 0 Å². The van der Waals surface area contributed by atoms with Crippen LogP contribution in [0.2, 0.25) is 0 Å². The molecule has 0 aliphatic carbocycles. The summed E-state index contributed by atoms with van der Waals surface area (Å²) in [6, 6.07) is 8.04. The number of hydrogen-bond acceptors (Lipinski definition) is 5. The molecule has 0 bridgehead atoms. The average Bonchev–Trinajstić information content (AvgIpc) is 2.63. The van der Waals surface area contributed by atoms with E-state index in [0.717, 1.165) is 19.3 Å². The molecule has 1 N–H and O–H groups in total. The molecule has 0 radical (unpaired) electrons. The lowest BCUT2D eigenvalue weighted by molar-refractivity contribution is -0.118. The van der Waals surface area contributed by atoms with Crippen molar-refractivity contribution in [2.75, 3.05) is 18.4 Å². The first-order valence-electron chi connectivity index (χ1n) is 8.34. The van der Waals surface area contributed by atoms with Crippen molar-refractivity contribution in [1.82, 2.24) is 4.31 Å². The van der Waals surface area contributed by atoms with Crippen LogP contribution in [0.1, 0.15) is 25.7 Å². The predicted octanol–water partition coefficient (Wildman–Crippen LogP) is 2.89. The number of Topliss-reactive ketones (excluding diaryl/α,β-unsaturated/α-hetero) is 1. The standard InChI is InChI=1S/C18H21N3O3S2/c1-2-6-17(22)16(13-19)18(25)20-14-7-9-15(10-8-14)26(23,24)21-11-4-3-5-12-21/h2,7-10,16H,1,3-6,11-12H2,(H,20,25). The van der Waals surface area contributed by atoms with Crippen LogP contribution >= 0.6 is 12.2 Å². The van der Waals surface area contributed by atoms with Crippen molar-refractivity contribution in [2.24, 2.45) is 5.92 Å². The van der Waals surface area contributed by atoms with Crippen LogP contribution in [0.4, 0.5) is 5.69 Å². The predicted molar refractivity (Wildman–Crippen MR) is 104 cm³/mol. The van der Waals surface area contributed by atoms with Crippen molar-refractivity contribution < 1.29 is 13.2 Å². The Hall–Kier alpha value is -2.08. The van der Waals surface area contributed by atoms with E-state index in [2.05, 4.69) is 11.9 Å². The maximum Gasteiger partial charge on any atom is 0.243 e. The third-order valence-electron chi connectivity index (χ3n) is 4.13. The van der Waals surface area contributed by atoms with Crippen molar-refractivity contribution in [3.8, 4) is 6.07 Å². The monoisotopic (exact) mass is 391 g/mol. The number of carbonyl (C=O) groups excluding carboxylic acids is 1. The topological polar surface area (TPSA) is 90.3 Å². The van der Waals surface area contributed by atoms with Crippen LogP contribution < -0.4 is 5.32 Å². The number of sulfonamides is 1. The molecule has 1 unspecified atom stereocenters. The second-order valence-corrected chi connectivity index (χ2v) is 8.38. The minimum atomic E-state index is -3.49. The first kappa shape index (κ1) is 20.2. The summed E-state index contributed by atoms with van der Waals surface area (Å²) in [5.41, 5.74) is 0.527. The van der Waals surface area contributed by atoms with Gasteiger partial charge in [0.1, 0.15) is 4.99 Å². The van der Waals surface area contributed by atoms with Crippen molar-refractivity contribution in [3.63, 3.8) is 0 Å². The van der Waals surface area contributed by atoms with E-state index in [1.807, 2.05) is 6.07 Å². The molecule has 1 aliphatic rings. The van der Waals surface area contributed by atoms with Gasteiger partial charge < -0.3 is 5.32 Å². The number of allylic oxidation sites excluding steroid dienone is 1. The Morgan fingerprint density at radius 1 is 1.31 bits per heavy atom. The number of thiocarbonyl (C=S) groups is 1. The van der Waals surface area contributed by atoms with Crippen molar-refractivity contribution in [1.29, 1.82) is 5.26 Å². The highest BCUT2D eigenvalue weighted by Gasteiger charge is 2.26. The number of ketones is 1. The van der Waals surface area contributed by atoms with Gasteiger partial charge in [-0.15, -0.1) is 6.58 Å². The molecule has 1 saturated heterocycles. The fourth-order valence-corrected chi connectivity index (χ4v) is 4.54. The molecule has 1 aliphatic heterocycles. The van der Waals surface area contributed by atoms with E-state index in [1.54, 1.807) is 12.1 Å². The van der Waals surface area contributed by atoms with Gasteiger partial charge in [0.15, 0.2) is 11.7 Å². The van der Waals surface area contributed by atoms with Gasteiger partial charge in [0.05, 0.1) is 11.0 Å². The van der Waals surface area contributed by atoms with Crippen molar-refractivity contribution in [2.45, 2.75) is 30.6 Å². The normalized spacial score (nSPS) is 16.3. The summed E-state index contributed by atoms with van der Waals surface area (Å²) in [6.45, 7) is 4.56. The molecule has 0 aromatic heterocycles. The van der Waals surface area contributed by atoms with Gasteiger partial charge in [-0.2, -0.15) is 9.57 Å². The highest BCUT2D eigenvalue weighted by Crippen LogP contribution is 2.22. The number of benzene rings is 1. The van der Waals surface area contributed by atoms with Crippen molar-refractivity contribution in [3.05, 3.63) is 36.9 Å². The Bertz CT molecular complexity index is 820. The lowest BCUT2D eigenvalue weighted by Gasteiger charge is -2.25. The minimum Gasteiger partial charge on any atom is -0.349 e. The Balaban J connectivity index is 2.09. The molecule has 6 nitrogen and oxygen atoms in total. The maximum atomic E-state index is 12.6. The van der Waals surface area contributed by atoms with Crippen LogP contribution in [0, 0.1) is 17.2 Å². The van der Waals surface area contributed by atoms with Gasteiger partial charge in [0, 0.05) is 25.2 Å². The van der Waals surface area contributed by atoms with Gasteiger partial charge >= 0.3 is 0 Å². The fourth-order valence-electron chi connectivity index (χ4n) is 2.72. The summed E-state index contributed by atoms with van der Waals surface area (Å²) in [6.07, 6.45) is 4.29. The molecule has 0 amide bonds. The molecule has 0 spiro atoms. The number of nitriles is 1. The Kier molecular flexibility index (Phi) is 7.03. The molecule has 0 saturated carbocycles. The molecule has 1 heterocycles. The number of hydrogen-bond donors (Lipinski definition) is 1. The molecule has 138 valence electrons. The number of anilines is 1. The smallest absolute Gasteiger partial charge is 0.243 e. The Morgan fingerprint density at radius 2 is 1.92 bits per heavy atom. The highest BCUT2D eigenvalue weighted by molar-refractivity contribution is 7.89. The number of nitrogens with one attached hydrogen (secondary N) is 1. The van der Waals surface area contributed by atoms with E-state index in [0.29, 0.717) is 18.8 Å². The number of rotatable bonds is 7. The molecule has 1 aromatic rings. The number of nitrogens with zero attached hydrogens (tertiary/aromatic N) is 2. The van der Waals surface area contributed by atoms with Crippen LogP contribution in [0.3, 0.4) is 0 Å². The maximum absolute atomic E-state index is 12.6. The molecule has 26 heavy (non-hydrogen) atoms. The van der Waals surface area contributed by atoms with Crippen molar-refractivity contribution >= 4 is 38.7 Å². The summed E-state index contributed by atoms with van der Waals surface area (Å²) >= 11 is 5.14. The SMILES string of the molecule is C=CCC(=O)C(C#N)C(=S)Nc1ccc(S(=O)(=O)N2CCCCC2)cc1. The average molecular weight is 392 g/mol. The largest absolute Gasteiger partial charge is 0.349 e. The van der Waals surface area contributed by atoms with E-state index in [-0.39, 0.29) is 22.1 Å². The lowest BCUT2D eigenvalue weighted by atomic mass is 10.0. The van der Waals surface area contributed by atoms with Gasteiger partial charge in [-0.1, -0.05) is 24.7 Å². The van der Waals surface area contributed by atoms with E-state index in [1.165, 1.54) is 22.5 Å². The Labute approximate surface area is 159 Å². The van der Waals surface area contributed by atoms with E-state index in [9.17, 15) is 13.2 Å². The second-order valence-electron chi connectivity index (χ2n) is 6.00. The minimum absolute atomic E-state index is 0.0626. The molecular weight excluding hydrogens is 370 g/mol. The first-order valence-corrected chi connectivity index (χ1v) is 10.2. The highest BCUT2D eigenvalue weighted by atomic mass is 32.2. The third-order valence-corrected chi connectivity index (χ3v) is 6.38. The summed E-state index contributed by atoms with van der Waals surface area (Å²) < 4.78 is 26.7. The quantitative estimate of drug-likeness (QED) is 0.568. The molecule has 1 aromatic carbocycles. The van der Waals surface area contributed by atoms with Gasteiger partial charge in [0.25, 0.3) is 0 Å². The molecule has 1 fully saturated rings. The van der Waals surface area contributed by atoms with Crippen LogP contribution in [0.5, 0.6) is 0 Å². The van der Waals surface area contributed by atoms with Gasteiger partial charge in [-0.3, -0.25) is 4.79 Å². The molecule has 1 atom stereocenters. The third kappa shape index (κ3) is 4.75. The lowest BCUT2D eigenvalue weighted by Crippen LogP contribution is -2.35. The molecule has 8 heteroatoms. The van der Waals surface area contributed by atoms with Gasteiger partial charge in [-0.05, 0) is 37.1 Å². The molecule has 2 rings (SSSR count). The first-order chi connectivity index (χ1) is 12.4. The van der Waals surface area contributed by atoms with Gasteiger partial charge in [-0.25, -0.2) is 8.42 Å². The summed E-state index contributed by atoms with van der Waals surface area (Å²) in [5.74, 6) is -1.39. The van der Waals surface area contributed by atoms with E-state index < -0.39 is 15.9 Å². The zero-order valence-corrected chi connectivity index (χ0v) is 16.0. The number of carbonyl (C=O) groups is 1. The van der Waals surface area contributed by atoms with E-state index in [4.69, 9.17) is 17.5 Å². The summed E-state index contributed by atoms with van der Waals surface area (Å²) in [7, 11) is -3.49. The van der Waals surface area contributed by atoms with E-state index >= 15 is 0 Å². The number of piperidine rings is 1. The Morgan fingerprint density at radius 3 is 2.46 bits per heavy atom. The van der Waals surface area contributed by atoms with Crippen LogP contribution in [-0.2, 0) is 14.8 Å². The molecular formula is C18H21N3O3S2. The van der Waals surface area contributed by atoms with Gasteiger partial charge in [0.2, 0.25) is 10.0 Å².